The molecule has 0 bridgehead atoms. The van der Waals surface area contributed by atoms with Gasteiger partial charge in [0.05, 0.1) is 22.1 Å². The van der Waals surface area contributed by atoms with Gasteiger partial charge in [0.25, 0.3) is 0 Å². The third kappa shape index (κ3) is 11.9. The molecule has 0 radical (unpaired) electrons. The van der Waals surface area contributed by atoms with Gasteiger partial charge in [-0.2, -0.15) is 0 Å². The highest BCUT2D eigenvalue weighted by Crippen LogP contribution is 2.44. The molecule has 22 aromatic rings. The molecule has 6 aromatic heterocycles. The van der Waals surface area contributed by atoms with Crippen molar-refractivity contribution in [2.24, 2.45) is 0 Å². The van der Waals surface area contributed by atoms with Gasteiger partial charge >= 0.3 is 0 Å². The number of para-hydroxylation sites is 1. The number of benzene rings is 16. The number of nitrogens with zero attached hydrogens (tertiary/aromatic N) is 8. The normalized spacial score (nSPS) is 11.7. The Morgan fingerprint density at radius 3 is 1.06 bits per heavy atom. The molecule has 0 amide bonds. The molecule has 0 saturated carbocycles. The highest BCUT2D eigenvalue weighted by atomic mass is 32.1. The number of rotatable bonds is 13. The van der Waals surface area contributed by atoms with Crippen LogP contribution in [0.25, 0.3) is 177 Å². The zero-order valence-electron chi connectivity index (χ0n) is 61.0. The van der Waals surface area contributed by atoms with Crippen LogP contribution in [-0.4, -0.2) is 47.1 Å². The Labute approximate surface area is 656 Å². The summed E-state index contributed by atoms with van der Waals surface area (Å²) in [6, 6.07) is 142. The average molecular weight is 1480 g/mol. The van der Waals surface area contributed by atoms with Gasteiger partial charge in [0.2, 0.25) is 0 Å². The van der Waals surface area contributed by atoms with Crippen molar-refractivity contribution in [2.75, 3.05) is 0 Å². The van der Waals surface area contributed by atoms with Crippen molar-refractivity contribution in [3.63, 3.8) is 0 Å². The molecule has 22 rings (SSSR count). The van der Waals surface area contributed by atoms with E-state index in [-0.39, 0.29) is 0 Å². The molecule has 0 atom stereocenters. The van der Waals surface area contributed by atoms with Crippen molar-refractivity contribution < 1.29 is 4.42 Å². The Hall–Kier alpha value is -14.6. The largest absolute Gasteiger partial charge is 0.456 e. The van der Waals surface area contributed by atoms with Gasteiger partial charge in [-0.3, -0.25) is 0 Å². The Morgan fingerprint density at radius 2 is 0.575 bits per heavy atom. The Balaban J connectivity index is 0.000000146. The number of furan rings is 1. The Morgan fingerprint density at radius 1 is 0.204 bits per heavy atom. The minimum atomic E-state index is -2.83. The van der Waals surface area contributed by atoms with Gasteiger partial charge in [-0.1, -0.05) is 322 Å². The molecule has 113 heavy (non-hydrogen) atoms. The van der Waals surface area contributed by atoms with Crippen LogP contribution in [0.5, 0.6) is 0 Å². The first-order chi connectivity index (χ1) is 56.0. The number of hydrogen-bond acceptors (Lipinski definition) is 8. The molecule has 9 nitrogen and oxygen atoms in total. The molecule has 0 aliphatic carbocycles. The lowest BCUT2D eigenvalue weighted by molar-refractivity contribution is 0.669. The van der Waals surface area contributed by atoms with E-state index in [1.165, 1.54) is 68.3 Å². The van der Waals surface area contributed by atoms with Crippen LogP contribution in [0.15, 0.2) is 405 Å². The van der Waals surface area contributed by atoms with Crippen LogP contribution in [0.3, 0.4) is 0 Å². The minimum absolute atomic E-state index is 0.611. The van der Waals surface area contributed by atoms with E-state index in [2.05, 4.69) is 282 Å². The number of thiophene rings is 1. The molecule has 0 aliphatic heterocycles. The molecule has 0 fully saturated rings. The van der Waals surface area contributed by atoms with Crippen molar-refractivity contribution in [2.45, 2.75) is 0 Å². The highest BCUT2D eigenvalue weighted by Gasteiger charge is 2.42. The summed E-state index contributed by atoms with van der Waals surface area (Å²) < 4.78 is 14.0. The van der Waals surface area contributed by atoms with Gasteiger partial charge in [-0.05, 0) is 111 Å². The molecule has 0 N–H and O–H groups in total. The molecule has 0 unspecified atom stereocenters. The fourth-order valence-corrected chi connectivity index (χ4v) is 22.5. The Kier molecular flexibility index (Phi) is 16.6. The lowest BCUT2D eigenvalue weighted by Crippen LogP contribution is -2.74. The first-order valence-corrected chi connectivity index (χ1v) is 40.8. The molecule has 0 saturated heterocycles. The van der Waals surface area contributed by atoms with E-state index >= 15 is 0 Å². The van der Waals surface area contributed by atoms with Gasteiger partial charge in [-0.25, -0.2) is 29.9 Å². The third-order valence-corrected chi connectivity index (χ3v) is 27.7. The van der Waals surface area contributed by atoms with Crippen molar-refractivity contribution in [1.29, 1.82) is 0 Å². The van der Waals surface area contributed by atoms with Crippen LogP contribution in [0.1, 0.15) is 0 Å². The van der Waals surface area contributed by atoms with Crippen LogP contribution in [0.2, 0.25) is 0 Å². The summed E-state index contributed by atoms with van der Waals surface area (Å²) in [4.78, 5) is 30.1. The van der Waals surface area contributed by atoms with E-state index in [0.717, 1.165) is 94.0 Å². The highest BCUT2D eigenvalue weighted by molar-refractivity contribution is 7.26. The predicted octanol–water partition coefficient (Wildman–Crippen LogP) is 23.3. The predicted molar refractivity (Wildman–Crippen MR) is 470 cm³/mol. The molecule has 11 heteroatoms. The van der Waals surface area contributed by atoms with Crippen LogP contribution in [-0.2, 0) is 0 Å². The van der Waals surface area contributed by atoms with Gasteiger partial charge in [0, 0.05) is 97.2 Å². The summed E-state index contributed by atoms with van der Waals surface area (Å²) in [6.07, 6.45) is 0. The SMILES string of the molecule is c1ccc(-c2ccc3c(c2)c2cc4sc5ccccc5c4cc2n3-c2cccc(-c3nc(-c4ccccc4)nc(-c4ccccc4)n3)c2)cc1.c1ccc(-c2nc(-c3ccccc3)nc(-c3cccc(-n4c5ccc([Si](c6ccccc6)(c6ccccc6)c6ccccc6)cc5c5cc6oc7ccccc7c6cc54)c3)n2)cc1. The zero-order chi connectivity index (χ0) is 74.8. The summed E-state index contributed by atoms with van der Waals surface area (Å²) in [7, 11) is -2.83. The number of aromatic nitrogens is 8. The third-order valence-electron chi connectivity index (χ3n) is 21.8. The van der Waals surface area contributed by atoms with E-state index in [1.807, 2.05) is 139 Å². The van der Waals surface area contributed by atoms with E-state index in [0.29, 0.717) is 34.9 Å². The summed E-state index contributed by atoms with van der Waals surface area (Å²) in [6.45, 7) is 0. The fraction of sp³-hybridized carbons (Fsp3) is 0. The average Bonchev–Trinajstić information content (AvgIpc) is 1.61. The standard InChI is InChI=1S/C57H38N4OSi.C45H28N4S/c1-6-19-39(20-7-1)55-58-56(40-21-8-2-9-22-40)60-57(59-55)41-23-18-24-42(35-41)61-51-34-33-46(36-48(51)49-38-54-50(37-52(49)61)47-31-16-17-32-53(47)62-54)63(43-25-10-3-11-26-43,44-27-12-4-13-28-44)45-29-14-5-15-30-45;1-4-13-29(14-5-1)32-23-24-39-36(26-32)37-28-42-38(35-21-10-11-22-41(35)50-42)27-40(37)49(39)34-20-12-19-33(25-34)45-47-43(30-15-6-2-7-16-30)46-44(48-45)31-17-8-3-9-18-31/h1-38H;1-28H. The first-order valence-electron chi connectivity index (χ1n) is 38.0. The van der Waals surface area contributed by atoms with Crippen LogP contribution >= 0.6 is 11.3 Å². The summed E-state index contributed by atoms with van der Waals surface area (Å²) >= 11 is 1.86. The molecule has 16 aromatic carbocycles. The first kappa shape index (κ1) is 66.6. The fourth-order valence-electron chi connectivity index (χ4n) is 16.6. The summed E-state index contributed by atoms with van der Waals surface area (Å²) in [5.41, 5.74) is 16.3. The zero-order valence-corrected chi connectivity index (χ0v) is 62.8. The van der Waals surface area contributed by atoms with Crippen molar-refractivity contribution in [3.05, 3.63) is 400 Å². The number of hydrogen-bond donors (Lipinski definition) is 0. The summed E-state index contributed by atoms with van der Waals surface area (Å²) in [5, 5.41) is 14.8. The minimum Gasteiger partial charge on any atom is -0.456 e. The van der Waals surface area contributed by atoms with Crippen molar-refractivity contribution in [1.82, 2.24) is 39.0 Å². The Bertz CT molecular complexity index is 7130. The van der Waals surface area contributed by atoms with Gasteiger partial charge < -0.3 is 13.6 Å². The van der Waals surface area contributed by atoms with Gasteiger partial charge in [0.15, 0.2) is 43.0 Å². The van der Waals surface area contributed by atoms with Crippen molar-refractivity contribution >= 4 is 126 Å². The van der Waals surface area contributed by atoms with E-state index in [1.54, 1.807) is 0 Å². The molecular formula is C102H66N8OSSi. The maximum Gasteiger partial charge on any atom is 0.179 e. The quantitative estimate of drug-likeness (QED) is 0.0837. The van der Waals surface area contributed by atoms with Crippen molar-refractivity contribution in [3.8, 4) is 90.8 Å². The van der Waals surface area contributed by atoms with E-state index in [9.17, 15) is 0 Å². The molecule has 530 valence electrons. The smallest absolute Gasteiger partial charge is 0.179 e. The van der Waals surface area contributed by atoms with Crippen LogP contribution in [0, 0.1) is 0 Å². The lowest BCUT2D eigenvalue weighted by Gasteiger charge is -2.34. The molecule has 0 aliphatic rings. The molecular weight excluding hydrogens is 1410 g/mol. The second-order valence-corrected chi connectivity index (χ2v) is 33.3. The van der Waals surface area contributed by atoms with Gasteiger partial charge in [-0.15, -0.1) is 11.3 Å². The van der Waals surface area contributed by atoms with E-state index < -0.39 is 8.07 Å². The van der Waals surface area contributed by atoms with Gasteiger partial charge in [0.1, 0.15) is 11.2 Å². The van der Waals surface area contributed by atoms with Crippen LogP contribution in [0.4, 0.5) is 0 Å². The van der Waals surface area contributed by atoms with Crippen LogP contribution < -0.4 is 20.7 Å². The topological polar surface area (TPSA) is 100 Å². The maximum absolute atomic E-state index is 6.58. The molecule has 0 spiro atoms. The second-order valence-electron chi connectivity index (χ2n) is 28.5. The monoisotopic (exact) mass is 1480 g/mol. The lowest BCUT2D eigenvalue weighted by atomic mass is 10.0. The second kappa shape index (κ2) is 28.1. The van der Waals surface area contributed by atoms with E-state index in [4.69, 9.17) is 34.3 Å². The molecule has 6 heterocycles. The maximum atomic E-state index is 6.58. The summed E-state index contributed by atoms with van der Waals surface area (Å²) in [5.74, 6) is 3.81. The number of fused-ring (bicyclic) bond motifs is 12.